The van der Waals surface area contributed by atoms with E-state index in [1.54, 1.807) is 6.07 Å². The standard InChI is InChI=1S/C18H21BrN2O2/c19-16-9-3-1-7-14(16)13-23-17-10-4-2-8-15(17)18(22)21-12-6-5-11-20/h1-4,7-10H,5-6,11-13,20H2,(H,21,22). The van der Waals surface area contributed by atoms with Crippen molar-refractivity contribution < 1.29 is 9.53 Å². The molecule has 0 bridgehead atoms. The molecule has 0 aliphatic heterocycles. The number of benzene rings is 2. The van der Waals surface area contributed by atoms with Gasteiger partial charge in [-0.3, -0.25) is 4.79 Å². The highest BCUT2D eigenvalue weighted by molar-refractivity contribution is 9.10. The van der Waals surface area contributed by atoms with Gasteiger partial charge in [0.2, 0.25) is 0 Å². The summed E-state index contributed by atoms with van der Waals surface area (Å²) in [5.41, 5.74) is 7.03. The predicted octanol–water partition coefficient (Wildman–Crippen LogP) is 3.50. The molecule has 5 heteroatoms. The number of unbranched alkanes of at least 4 members (excludes halogenated alkanes) is 1. The zero-order valence-electron chi connectivity index (χ0n) is 12.9. The van der Waals surface area contributed by atoms with Crippen molar-refractivity contribution in [3.63, 3.8) is 0 Å². The van der Waals surface area contributed by atoms with Crippen LogP contribution >= 0.6 is 15.9 Å². The normalized spacial score (nSPS) is 10.3. The quantitative estimate of drug-likeness (QED) is 0.693. The number of amides is 1. The van der Waals surface area contributed by atoms with Crippen molar-refractivity contribution in [2.45, 2.75) is 19.4 Å². The molecule has 4 nitrogen and oxygen atoms in total. The highest BCUT2D eigenvalue weighted by atomic mass is 79.9. The highest BCUT2D eigenvalue weighted by Gasteiger charge is 2.12. The molecule has 0 heterocycles. The molecule has 2 rings (SSSR count). The summed E-state index contributed by atoms with van der Waals surface area (Å²) in [6.45, 7) is 1.66. The average molecular weight is 377 g/mol. The van der Waals surface area contributed by atoms with E-state index in [0.717, 1.165) is 22.9 Å². The molecule has 0 aliphatic carbocycles. The Kier molecular flexibility index (Phi) is 7.10. The van der Waals surface area contributed by atoms with Crippen molar-refractivity contribution in [3.8, 4) is 5.75 Å². The van der Waals surface area contributed by atoms with E-state index in [4.69, 9.17) is 10.5 Å². The van der Waals surface area contributed by atoms with Crippen molar-refractivity contribution in [3.05, 3.63) is 64.1 Å². The molecule has 0 aromatic heterocycles. The summed E-state index contributed by atoms with van der Waals surface area (Å²) in [4.78, 5) is 12.3. The number of carbonyl (C=O) groups excluding carboxylic acids is 1. The highest BCUT2D eigenvalue weighted by Crippen LogP contribution is 2.22. The van der Waals surface area contributed by atoms with Gasteiger partial charge in [-0.1, -0.05) is 46.3 Å². The number of carbonyl (C=O) groups is 1. The first kappa shape index (κ1) is 17.5. The van der Waals surface area contributed by atoms with E-state index in [1.807, 2.05) is 42.5 Å². The Bertz CT molecular complexity index is 646. The first-order valence-corrected chi connectivity index (χ1v) is 8.45. The third kappa shape index (κ3) is 5.37. The van der Waals surface area contributed by atoms with Crippen LogP contribution in [0.2, 0.25) is 0 Å². The minimum atomic E-state index is -0.121. The molecule has 0 fully saturated rings. The number of para-hydroxylation sites is 1. The Labute approximate surface area is 145 Å². The van der Waals surface area contributed by atoms with Gasteiger partial charge in [0.15, 0.2) is 0 Å². The number of hydrogen-bond acceptors (Lipinski definition) is 3. The molecule has 0 saturated carbocycles. The molecule has 0 atom stereocenters. The van der Waals surface area contributed by atoms with Crippen LogP contribution < -0.4 is 15.8 Å². The molecular weight excluding hydrogens is 356 g/mol. The van der Waals surface area contributed by atoms with Gasteiger partial charge in [-0.25, -0.2) is 0 Å². The third-order valence-corrected chi connectivity index (χ3v) is 4.16. The van der Waals surface area contributed by atoms with Gasteiger partial charge in [0.1, 0.15) is 12.4 Å². The van der Waals surface area contributed by atoms with Crippen molar-refractivity contribution in [1.29, 1.82) is 0 Å². The molecule has 0 spiro atoms. The van der Waals surface area contributed by atoms with Gasteiger partial charge in [-0.15, -0.1) is 0 Å². The topological polar surface area (TPSA) is 64.3 Å². The molecule has 0 radical (unpaired) electrons. The number of hydrogen-bond donors (Lipinski definition) is 2. The van der Waals surface area contributed by atoms with Crippen molar-refractivity contribution in [2.75, 3.05) is 13.1 Å². The molecule has 2 aromatic rings. The van der Waals surface area contributed by atoms with Gasteiger partial charge >= 0.3 is 0 Å². The van der Waals surface area contributed by atoms with Gasteiger partial charge in [0, 0.05) is 16.6 Å². The van der Waals surface area contributed by atoms with E-state index in [2.05, 4.69) is 21.2 Å². The maximum absolute atomic E-state index is 12.3. The molecule has 0 saturated heterocycles. The molecule has 23 heavy (non-hydrogen) atoms. The van der Waals surface area contributed by atoms with Crippen LogP contribution in [0.15, 0.2) is 53.0 Å². The largest absolute Gasteiger partial charge is 0.488 e. The summed E-state index contributed by atoms with van der Waals surface area (Å²) in [5.74, 6) is 0.462. The lowest BCUT2D eigenvalue weighted by Crippen LogP contribution is -2.25. The molecule has 1 amide bonds. The maximum atomic E-state index is 12.3. The smallest absolute Gasteiger partial charge is 0.255 e. The number of ether oxygens (including phenoxy) is 1. The number of nitrogens with two attached hydrogens (primary N) is 1. The first-order chi connectivity index (χ1) is 11.2. The maximum Gasteiger partial charge on any atom is 0.255 e. The summed E-state index contributed by atoms with van der Waals surface area (Å²) in [6.07, 6.45) is 1.78. The lowest BCUT2D eigenvalue weighted by molar-refractivity contribution is 0.0948. The Morgan fingerprint density at radius 3 is 2.61 bits per heavy atom. The second kappa shape index (κ2) is 9.33. The zero-order valence-corrected chi connectivity index (χ0v) is 14.5. The van der Waals surface area contributed by atoms with Crippen LogP contribution in [0.5, 0.6) is 5.75 Å². The summed E-state index contributed by atoms with van der Waals surface area (Å²) in [6, 6.07) is 15.1. The predicted molar refractivity (Wildman–Crippen MR) is 95.5 cm³/mol. The van der Waals surface area contributed by atoms with Crippen LogP contribution in [0.4, 0.5) is 0 Å². The van der Waals surface area contributed by atoms with E-state index >= 15 is 0 Å². The second-order valence-corrected chi connectivity index (χ2v) is 5.98. The first-order valence-electron chi connectivity index (χ1n) is 7.66. The van der Waals surface area contributed by atoms with Gasteiger partial charge in [-0.2, -0.15) is 0 Å². The van der Waals surface area contributed by atoms with Gasteiger partial charge < -0.3 is 15.8 Å². The monoisotopic (exact) mass is 376 g/mol. The summed E-state index contributed by atoms with van der Waals surface area (Å²) in [7, 11) is 0. The minimum Gasteiger partial charge on any atom is -0.488 e. The fourth-order valence-electron chi connectivity index (χ4n) is 2.12. The molecule has 0 unspecified atom stereocenters. The van der Waals surface area contributed by atoms with Crippen molar-refractivity contribution in [1.82, 2.24) is 5.32 Å². The third-order valence-electron chi connectivity index (χ3n) is 3.39. The summed E-state index contributed by atoms with van der Waals surface area (Å²) >= 11 is 3.50. The van der Waals surface area contributed by atoms with E-state index in [1.165, 1.54) is 0 Å². The van der Waals surface area contributed by atoms with E-state index in [9.17, 15) is 4.79 Å². The van der Waals surface area contributed by atoms with Crippen LogP contribution in [0.1, 0.15) is 28.8 Å². The van der Waals surface area contributed by atoms with Crippen LogP contribution in [0.3, 0.4) is 0 Å². The Morgan fingerprint density at radius 1 is 1.09 bits per heavy atom. The van der Waals surface area contributed by atoms with E-state index in [-0.39, 0.29) is 5.91 Å². The van der Waals surface area contributed by atoms with Crippen molar-refractivity contribution in [2.24, 2.45) is 5.73 Å². The fraction of sp³-hybridized carbons (Fsp3) is 0.278. The molecule has 0 aliphatic rings. The van der Waals surface area contributed by atoms with Crippen LogP contribution in [0, 0.1) is 0 Å². The fourth-order valence-corrected chi connectivity index (χ4v) is 2.52. The number of halogens is 1. The molecule has 3 N–H and O–H groups in total. The van der Waals surface area contributed by atoms with E-state index < -0.39 is 0 Å². The lowest BCUT2D eigenvalue weighted by atomic mass is 10.2. The van der Waals surface area contributed by atoms with Crippen LogP contribution in [-0.2, 0) is 6.61 Å². The Hall–Kier alpha value is -1.85. The number of rotatable bonds is 8. The average Bonchev–Trinajstić information content (AvgIpc) is 2.58. The SMILES string of the molecule is NCCCCNC(=O)c1ccccc1OCc1ccccc1Br. The summed E-state index contributed by atoms with van der Waals surface area (Å²) < 4.78 is 6.83. The van der Waals surface area contributed by atoms with Gasteiger partial charge in [0.05, 0.1) is 5.56 Å². The summed E-state index contributed by atoms with van der Waals surface area (Å²) in [5, 5.41) is 2.90. The van der Waals surface area contributed by atoms with Gasteiger partial charge in [-0.05, 0) is 37.6 Å². The lowest BCUT2D eigenvalue weighted by Gasteiger charge is -2.12. The molecule has 122 valence electrons. The molecular formula is C18H21BrN2O2. The van der Waals surface area contributed by atoms with Gasteiger partial charge in [0.25, 0.3) is 5.91 Å². The Morgan fingerprint density at radius 2 is 1.83 bits per heavy atom. The van der Waals surface area contributed by atoms with Crippen LogP contribution in [-0.4, -0.2) is 19.0 Å². The van der Waals surface area contributed by atoms with E-state index in [0.29, 0.717) is 31.0 Å². The molecule has 2 aromatic carbocycles. The number of nitrogens with one attached hydrogen (secondary N) is 1. The minimum absolute atomic E-state index is 0.121. The van der Waals surface area contributed by atoms with Crippen molar-refractivity contribution >= 4 is 21.8 Å². The second-order valence-electron chi connectivity index (χ2n) is 5.13. The van der Waals surface area contributed by atoms with Crippen LogP contribution in [0.25, 0.3) is 0 Å². The Balaban J connectivity index is 2.00. The zero-order chi connectivity index (χ0) is 16.5.